The molecular formula is C16H24N2O2. The van der Waals surface area contributed by atoms with Crippen molar-refractivity contribution >= 4 is 11.7 Å². The molecule has 20 heavy (non-hydrogen) atoms. The number of benzene rings is 1. The first-order valence-corrected chi connectivity index (χ1v) is 7.25. The highest BCUT2D eigenvalue weighted by atomic mass is 16.4. The van der Waals surface area contributed by atoms with Gasteiger partial charge in [0.15, 0.2) is 0 Å². The Morgan fingerprint density at radius 3 is 2.25 bits per heavy atom. The van der Waals surface area contributed by atoms with Gasteiger partial charge in [-0.2, -0.15) is 0 Å². The van der Waals surface area contributed by atoms with Gasteiger partial charge in [-0.1, -0.05) is 17.7 Å². The summed E-state index contributed by atoms with van der Waals surface area (Å²) >= 11 is 0. The summed E-state index contributed by atoms with van der Waals surface area (Å²) < 4.78 is 0. The molecule has 0 atom stereocenters. The molecule has 0 spiro atoms. The fourth-order valence-corrected chi connectivity index (χ4v) is 2.73. The van der Waals surface area contributed by atoms with Gasteiger partial charge in [-0.05, 0) is 45.7 Å². The van der Waals surface area contributed by atoms with Crippen molar-refractivity contribution in [1.82, 2.24) is 4.90 Å². The van der Waals surface area contributed by atoms with E-state index in [4.69, 9.17) is 0 Å². The zero-order valence-electron chi connectivity index (χ0n) is 12.5. The molecule has 0 bridgehead atoms. The van der Waals surface area contributed by atoms with Crippen LogP contribution in [0.5, 0.6) is 0 Å². The van der Waals surface area contributed by atoms with Gasteiger partial charge in [-0.25, -0.2) is 4.79 Å². The molecule has 1 saturated heterocycles. The van der Waals surface area contributed by atoms with Crippen molar-refractivity contribution in [1.29, 1.82) is 0 Å². The van der Waals surface area contributed by atoms with Gasteiger partial charge >= 0.3 is 5.97 Å². The van der Waals surface area contributed by atoms with Crippen molar-refractivity contribution in [2.75, 3.05) is 18.4 Å². The lowest BCUT2D eigenvalue weighted by molar-refractivity contribution is -0.144. The minimum Gasteiger partial charge on any atom is -0.480 e. The molecule has 0 aliphatic carbocycles. The van der Waals surface area contributed by atoms with Crippen LogP contribution in [0, 0.1) is 6.92 Å². The molecule has 4 nitrogen and oxygen atoms in total. The Labute approximate surface area is 120 Å². The normalized spacial score (nSPS) is 19.0. The maximum absolute atomic E-state index is 11.7. The van der Waals surface area contributed by atoms with Crippen LogP contribution >= 0.6 is 0 Å². The van der Waals surface area contributed by atoms with Crippen molar-refractivity contribution in [2.24, 2.45) is 0 Å². The number of aliphatic carboxylic acids is 1. The van der Waals surface area contributed by atoms with Crippen LogP contribution in [-0.2, 0) is 4.79 Å². The maximum atomic E-state index is 11.7. The Balaban J connectivity index is 2.12. The molecule has 1 aromatic rings. The van der Waals surface area contributed by atoms with Crippen molar-refractivity contribution in [3.8, 4) is 0 Å². The summed E-state index contributed by atoms with van der Waals surface area (Å²) in [5.74, 6) is -0.749. The summed E-state index contributed by atoms with van der Waals surface area (Å²) in [6, 6.07) is 8.38. The van der Waals surface area contributed by atoms with Crippen LogP contribution in [0.15, 0.2) is 24.3 Å². The molecule has 2 N–H and O–H groups in total. The average molecular weight is 276 g/mol. The molecule has 0 amide bonds. The van der Waals surface area contributed by atoms with E-state index in [0.29, 0.717) is 18.9 Å². The van der Waals surface area contributed by atoms with Crippen LogP contribution < -0.4 is 5.32 Å². The number of nitrogens with zero attached hydrogens (tertiary/aromatic N) is 1. The highest BCUT2D eigenvalue weighted by Crippen LogP contribution is 2.28. The van der Waals surface area contributed by atoms with Crippen LogP contribution in [0.2, 0.25) is 0 Å². The van der Waals surface area contributed by atoms with Crippen LogP contribution in [-0.4, -0.2) is 40.6 Å². The summed E-state index contributed by atoms with van der Waals surface area (Å²) in [7, 11) is 0. The SMILES string of the molecule is Cc1ccc(NC2(C(=O)O)CCN(C(C)C)CC2)cc1. The molecule has 0 aromatic heterocycles. The number of carbonyl (C=O) groups is 1. The minimum absolute atomic E-state index is 0.473. The van der Waals surface area contributed by atoms with E-state index in [0.717, 1.165) is 18.8 Å². The second-order valence-corrected chi connectivity index (χ2v) is 6.01. The van der Waals surface area contributed by atoms with E-state index in [1.54, 1.807) is 0 Å². The van der Waals surface area contributed by atoms with Gasteiger partial charge in [0.25, 0.3) is 0 Å². The van der Waals surface area contributed by atoms with Crippen molar-refractivity contribution < 1.29 is 9.90 Å². The highest BCUT2D eigenvalue weighted by Gasteiger charge is 2.41. The second-order valence-electron chi connectivity index (χ2n) is 6.01. The molecule has 1 fully saturated rings. The van der Waals surface area contributed by atoms with Crippen LogP contribution in [0.3, 0.4) is 0 Å². The predicted molar refractivity (Wildman–Crippen MR) is 81.1 cm³/mol. The van der Waals surface area contributed by atoms with E-state index in [1.165, 1.54) is 5.56 Å². The van der Waals surface area contributed by atoms with Gasteiger partial charge in [-0.15, -0.1) is 0 Å². The molecule has 1 aliphatic rings. The number of rotatable bonds is 4. The van der Waals surface area contributed by atoms with Gasteiger partial charge in [0.05, 0.1) is 0 Å². The van der Waals surface area contributed by atoms with E-state index < -0.39 is 11.5 Å². The third-order valence-corrected chi connectivity index (χ3v) is 4.23. The maximum Gasteiger partial charge on any atom is 0.329 e. The Morgan fingerprint density at radius 2 is 1.80 bits per heavy atom. The molecule has 1 aromatic carbocycles. The molecule has 1 aliphatic heterocycles. The quantitative estimate of drug-likeness (QED) is 0.888. The lowest BCUT2D eigenvalue weighted by Crippen LogP contribution is -2.55. The van der Waals surface area contributed by atoms with Crippen LogP contribution in [0.4, 0.5) is 5.69 Å². The smallest absolute Gasteiger partial charge is 0.329 e. The summed E-state index contributed by atoms with van der Waals surface area (Å²) in [5.41, 5.74) is 1.23. The van der Waals surface area contributed by atoms with E-state index in [2.05, 4.69) is 24.1 Å². The summed E-state index contributed by atoms with van der Waals surface area (Å²) in [6.07, 6.45) is 1.27. The van der Waals surface area contributed by atoms with E-state index in [1.807, 2.05) is 31.2 Å². The number of aryl methyl sites for hydroxylation is 1. The lowest BCUT2D eigenvalue weighted by atomic mass is 9.86. The number of hydrogen-bond donors (Lipinski definition) is 2. The Kier molecular flexibility index (Phi) is 4.33. The summed E-state index contributed by atoms with van der Waals surface area (Å²) in [6.45, 7) is 7.98. The number of hydrogen-bond acceptors (Lipinski definition) is 3. The highest BCUT2D eigenvalue weighted by molar-refractivity contribution is 5.83. The van der Waals surface area contributed by atoms with E-state index >= 15 is 0 Å². The fourth-order valence-electron chi connectivity index (χ4n) is 2.73. The van der Waals surface area contributed by atoms with Gasteiger partial charge in [0.1, 0.15) is 5.54 Å². The zero-order valence-corrected chi connectivity index (χ0v) is 12.5. The summed E-state index contributed by atoms with van der Waals surface area (Å²) in [5, 5.41) is 12.9. The first-order valence-electron chi connectivity index (χ1n) is 7.25. The second kappa shape index (κ2) is 5.83. The average Bonchev–Trinajstić information content (AvgIpc) is 2.42. The van der Waals surface area contributed by atoms with Gasteiger partial charge < -0.3 is 15.3 Å². The molecule has 4 heteroatoms. The lowest BCUT2D eigenvalue weighted by Gasteiger charge is -2.41. The Bertz CT molecular complexity index is 460. The molecule has 1 heterocycles. The number of carboxylic acids is 1. The third kappa shape index (κ3) is 3.12. The van der Waals surface area contributed by atoms with Gasteiger partial charge in [0.2, 0.25) is 0 Å². The molecule has 2 rings (SSSR count). The molecule has 0 radical (unpaired) electrons. The number of nitrogens with one attached hydrogen (secondary N) is 1. The van der Waals surface area contributed by atoms with Crippen molar-refractivity contribution in [3.63, 3.8) is 0 Å². The number of likely N-dealkylation sites (tertiary alicyclic amines) is 1. The first kappa shape index (κ1) is 14.9. The molecular weight excluding hydrogens is 252 g/mol. The Morgan fingerprint density at radius 1 is 1.25 bits per heavy atom. The van der Waals surface area contributed by atoms with E-state index in [9.17, 15) is 9.90 Å². The van der Waals surface area contributed by atoms with Crippen molar-refractivity contribution in [3.05, 3.63) is 29.8 Å². The van der Waals surface area contributed by atoms with Gasteiger partial charge in [0, 0.05) is 24.8 Å². The molecule has 110 valence electrons. The Hall–Kier alpha value is -1.55. The minimum atomic E-state index is -0.833. The first-order chi connectivity index (χ1) is 9.43. The summed E-state index contributed by atoms with van der Waals surface area (Å²) in [4.78, 5) is 14.1. The van der Waals surface area contributed by atoms with Crippen LogP contribution in [0.1, 0.15) is 32.3 Å². The van der Waals surface area contributed by atoms with Crippen LogP contribution in [0.25, 0.3) is 0 Å². The third-order valence-electron chi connectivity index (χ3n) is 4.23. The number of anilines is 1. The largest absolute Gasteiger partial charge is 0.480 e. The number of piperidine rings is 1. The van der Waals surface area contributed by atoms with E-state index in [-0.39, 0.29) is 0 Å². The monoisotopic (exact) mass is 276 g/mol. The van der Waals surface area contributed by atoms with Gasteiger partial charge in [-0.3, -0.25) is 0 Å². The number of carboxylic acid groups (broad SMARTS) is 1. The zero-order chi connectivity index (χ0) is 14.8. The fraction of sp³-hybridized carbons (Fsp3) is 0.562. The topological polar surface area (TPSA) is 52.6 Å². The van der Waals surface area contributed by atoms with Crippen molar-refractivity contribution in [2.45, 2.75) is 45.2 Å². The molecule has 0 unspecified atom stereocenters. The molecule has 0 saturated carbocycles. The predicted octanol–water partition coefficient (Wildman–Crippen LogP) is 2.73. The standard InChI is InChI=1S/C16H24N2O2/c1-12(2)18-10-8-16(9-11-18,15(19)20)17-14-6-4-13(3)5-7-14/h4-7,12,17H,8-11H2,1-3H3,(H,19,20).